The highest BCUT2D eigenvalue weighted by Crippen LogP contribution is 2.20. The van der Waals surface area contributed by atoms with Gasteiger partial charge in [0.15, 0.2) is 0 Å². The lowest BCUT2D eigenvalue weighted by molar-refractivity contribution is -0.121. The fourth-order valence-corrected chi connectivity index (χ4v) is 1.37. The zero-order valence-electron chi connectivity index (χ0n) is 9.81. The second kappa shape index (κ2) is 5.39. The van der Waals surface area contributed by atoms with Crippen LogP contribution in [-0.2, 0) is 11.3 Å². The van der Waals surface area contributed by atoms with Crippen molar-refractivity contribution in [3.05, 3.63) is 36.0 Å². The van der Waals surface area contributed by atoms with Crippen LogP contribution in [0.3, 0.4) is 0 Å². The topological polar surface area (TPSA) is 68.0 Å². The smallest absolute Gasteiger partial charge is 0.250 e. The largest absolute Gasteiger partial charge is 0.419 e. The van der Waals surface area contributed by atoms with Gasteiger partial charge in [-0.15, -0.1) is 10.2 Å². The molecular formula is C12H12FN3O2. The number of rotatable bonds is 4. The molecule has 6 heteroatoms. The molecule has 1 amide bonds. The molecule has 1 aromatic heterocycles. The van der Waals surface area contributed by atoms with Gasteiger partial charge in [-0.2, -0.15) is 0 Å². The quantitative estimate of drug-likeness (QED) is 0.898. The summed E-state index contributed by atoms with van der Waals surface area (Å²) in [6.07, 6.45) is 0.383. The maximum absolute atomic E-state index is 13.5. The van der Waals surface area contributed by atoms with Crippen molar-refractivity contribution in [1.29, 1.82) is 0 Å². The standard InChI is InChI=1S/C12H12FN3O2/c1-2-10(17)14-7-11-15-16-12(18-11)8-5-3-4-6-9(8)13/h3-6H,2,7H2,1H3,(H,14,17). The van der Waals surface area contributed by atoms with Crippen molar-refractivity contribution in [2.75, 3.05) is 0 Å². The summed E-state index contributed by atoms with van der Waals surface area (Å²) in [6.45, 7) is 1.89. The van der Waals surface area contributed by atoms with Gasteiger partial charge in [-0.3, -0.25) is 4.79 Å². The molecule has 0 saturated carbocycles. The third-order valence-electron chi connectivity index (χ3n) is 2.33. The first kappa shape index (κ1) is 12.2. The van der Waals surface area contributed by atoms with Crippen LogP contribution in [0.1, 0.15) is 19.2 Å². The van der Waals surface area contributed by atoms with Gasteiger partial charge >= 0.3 is 0 Å². The first-order valence-corrected chi connectivity index (χ1v) is 5.54. The van der Waals surface area contributed by atoms with Crippen LogP contribution in [0.15, 0.2) is 28.7 Å². The minimum Gasteiger partial charge on any atom is -0.419 e. The molecule has 0 spiro atoms. The minimum absolute atomic E-state index is 0.105. The van der Waals surface area contributed by atoms with Crippen molar-refractivity contribution >= 4 is 5.91 Å². The van der Waals surface area contributed by atoms with Gasteiger partial charge in [-0.25, -0.2) is 4.39 Å². The summed E-state index contributed by atoms with van der Waals surface area (Å²) in [7, 11) is 0. The van der Waals surface area contributed by atoms with Crippen LogP contribution >= 0.6 is 0 Å². The summed E-state index contributed by atoms with van der Waals surface area (Å²) in [6, 6.07) is 6.13. The molecule has 1 aromatic carbocycles. The molecule has 5 nitrogen and oxygen atoms in total. The molecule has 18 heavy (non-hydrogen) atoms. The molecule has 2 rings (SSSR count). The first-order valence-electron chi connectivity index (χ1n) is 5.54. The highest BCUT2D eigenvalue weighted by Gasteiger charge is 2.12. The predicted molar refractivity (Wildman–Crippen MR) is 61.8 cm³/mol. The van der Waals surface area contributed by atoms with E-state index >= 15 is 0 Å². The third kappa shape index (κ3) is 2.71. The minimum atomic E-state index is -0.426. The maximum atomic E-state index is 13.5. The Kier molecular flexibility index (Phi) is 3.66. The van der Waals surface area contributed by atoms with E-state index in [1.807, 2.05) is 0 Å². The number of halogens is 1. The van der Waals surface area contributed by atoms with Gasteiger partial charge < -0.3 is 9.73 Å². The molecule has 0 saturated heterocycles. The lowest BCUT2D eigenvalue weighted by atomic mass is 10.2. The van der Waals surface area contributed by atoms with Crippen LogP contribution in [0, 0.1) is 5.82 Å². The molecule has 1 N–H and O–H groups in total. The van der Waals surface area contributed by atoms with Crippen LogP contribution < -0.4 is 5.32 Å². The average molecular weight is 249 g/mol. The number of amides is 1. The van der Waals surface area contributed by atoms with Crippen molar-refractivity contribution in [1.82, 2.24) is 15.5 Å². The maximum Gasteiger partial charge on any atom is 0.250 e. The molecule has 0 radical (unpaired) electrons. The number of hydrogen-bond acceptors (Lipinski definition) is 4. The molecule has 2 aromatic rings. The summed E-state index contributed by atoms with van der Waals surface area (Å²) in [5.74, 6) is -0.185. The summed E-state index contributed by atoms with van der Waals surface area (Å²) >= 11 is 0. The van der Waals surface area contributed by atoms with Gasteiger partial charge in [0.25, 0.3) is 5.89 Å². The Morgan fingerprint density at radius 1 is 1.39 bits per heavy atom. The second-order valence-corrected chi connectivity index (χ2v) is 3.61. The molecule has 0 bridgehead atoms. The molecule has 94 valence electrons. The zero-order chi connectivity index (χ0) is 13.0. The number of aromatic nitrogens is 2. The lowest BCUT2D eigenvalue weighted by Gasteiger charge is -1.98. The SMILES string of the molecule is CCC(=O)NCc1nnc(-c2ccccc2F)o1. The average Bonchev–Trinajstić information content (AvgIpc) is 2.85. The Morgan fingerprint density at radius 2 is 2.17 bits per heavy atom. The Labute approximate surface area is 103 Å². The number of carbonyl (C=O) groups excluding carboxylic acids is 1. The van der Waals surface area contributed by atoms with E-state index in [0.717, 1.165) is 0 Å². The fraction of sp³-hybridized carbons (Fsp3) is 0.250. The molecule has 0 aliphatic rings. The normalized spacial score (nSPS) is 10.3. The Bertz CT molecular complexity index is 554. The Morgan fingerprint density at radius 3 is 2.89 bits per heavy atom. The molecule has 0 fully saturated rings. The zero-order valence-corrected chi connectivity index (χ0v) is 9.81. The second-order valence-electron chi connectivity index (χ2n) is 3.61. The van der Waals surface area contributed by atoms with Crippen LogP contribution in [0.5, 0.6) is 0 Å². The van der Waals surface area contributed by atoms with Gasteiger partial charge in [-0.05, 0) is 12.1 Å². The molecule has 0 unspecified atom stereocenters. The first-order chi connectivity index (χ1) is 8.70. The molecular weight excluding hydrogens is 237 g/mol. The fourth-order valence-electron chi connectivity index (χ4n) is 1.37. The van der Waals surface area contributed by atoms with Crippen molar-refractivity contribution in [3.63, 3.8) is 0 Å². The van der Waals surface area contributed by atoms with Crippen LogP contribution in [0.25, 0.3) is 11.5 Å². The van der Waals surface area contributed by atoms with E-state index in [9.17, 15) is 9.18 Å². The summed E-state index contributed by atoms with van der Waals surface area (Å²) in [4.78, 5) is 11.1. The van der Waals surface area contributed by atoms with Gasteiger partial charge in [-0.1, -0.05) is 19.1 Å². The van der Waals surface area contributed by atoms with Crippen molar-refractivity contribution in [2.24, 2.45) is 0 Å². The Hall–Kier alpha value is -2.24. The number of hydrogen-bond donors (Lipinski definition) is 1. The van der Waals surface area contributed by atoms with Gasteiger partial charge in [0.1, 0.15) is 5.82 Å². The van der Waals surface area contributed by atoms with E-state index in [2.05, 4.69) is 15.5 Å². The molecule has 0 aliphatic heterocycles. The van der Waals surface area contributed by atoms with Gasteiger partial charge in [0.2, 0.25) is 11.8 Å². The lowest BCUT2D eigenvalue weighted by Crippen LogP contribution is -2.21. The molecule has 1 heterocycles. The molecule has 0 aliphatic carbocycles. The highest BCUT2D eigenvalue weighted by molar-refractivity contribution is 5.75. The monoisotopic (exact) mass is 249 g/mol. The van der Waals surface area contributed by atoms with Gasteiger partial charge in [0, 0.05) is 6.42 Å². The predicted octanol–water partition coefficient (Wildman–Crippen LogP) is 1.90. The summed E-state index contributed by atoms with van der Waals surface area (Å²) in [5, 5.41) is 10.1. The van der Waals surface area contributed by atoms with Crippen LogP contribution in [-0.4, -0.2) is 16.1 Å². The van der Waals surface area contributed by atoms with E-state index in [0.29, 0.717) is 6.42 Å². The van der Waals surface area contributed by atoms with E-state index in [4.69, 9.17) is 4.42 Å². The van der Waals surface area contributed by atoms with E-state index in [1.54, 1.807) is 25.1 Å². The highest BCUT2D eigenvalue weighted by atomic mass is 19.1. The van der Waals surface area contributed by atoms with E-state index in [-0.39, 0.29) is 29.8 Å². The third-order valence-corrected chi connectivity index (χ3v) is 2.33. The number of nitrogens with zero attached hydrogens (tertiary/aromatic N) is 2. The summed E-state index contributed by atoms with van der Waals surface area (Å²) in [5.41, 5.74) is 0.248. The van der Waals surface area contributed by atoms with Gasteiger partial charge in [0.05, 0.1) is 12.1 Å². The number of nitrogens with one attached hydrogen (secondary N) is 1. The van der Waals surface area contributed by atoms with E-state index < -0.39 is 5.82 Å². The summed E-state index contributed by atoms with van der Waals surface area (Å²) < 4.78 is 18.7. The number of carbonyl (C=O) groups is 1. The van der Waals surface area contributed by atoms with Crippen LogP contribution in [0.4, 0.5) is 4.39 Å². The number of benzene rings is 1. The van der Waals surface area contributed by atoms with Crippen molar-refractivity contribution < 1.29 is 13.6 Å². The van der Waals surface area contributed by atoms with E-state index in [1.165, 1.54) is 6.07 Å². The molecule has 0 atom stereocenters. The van der Waals surface area contributed by atoms with Crippen LogP contribution in [0.2, 0.25) is 0 Å². The Balaban J connectivity index is 2.11. The van der Waals surface area contributed by atoms with Crippen molar-refractivity contribution in [3.8, 4) is 11.5 Å². The van der Waals surface area contributed by atoms with Crippen molar-refractivity contribution in [2.45, 2.75) is 19.9 Å².